The maximum atomic E-state index is 12.4. The number of hydrogen-bond acceptors (Lipinski definition) is 7. The summed E-state index contributed by atoms with van der Waals surface area (Å²) in [5, 5.41) is -0.814. The first-order valence-electron chi connectivity index (χ1n) is 7.43. The van der Waals surface area contributed by atoms with Crippen molar-refractivity contribution in [3.05, 3.63) is 32.6 Å². The third kappa shape index (κ3) is 3.24. The van der Waals surface area contributed by atoms with Gasteiger partial charge in [0.2, 0.25) is 0 Å². The van der Waals surface area contributed by atoms with Gasteiger partial charge in [-0.2, -0.15) is 0 Å². The summed E-state index contributed by atoms with van der Waals surface area (Å²) in [5.74, 6) is 0. The van der Waals surface area contributed by atoms with Gasteiger partial charge in [-0.05, 0) is 20.8 Å². The summed E-state index contributed by atoms with van der Waals surface area (Å²) in [6.07, 6.45) is -1.25. The highest BCUT2D eigenvalue weighted by molar-refractivity contribution is 7.48. The summed E-state index contributed by atoms with van der Waals surface area (Å²) in [5.41, 5.74) is -0.794. The Labute approximate surface area is 142 Å². The van der Waals surface area contributed by atoms with E-state index in [1.807, 2.05) is 0 Å². The molecule has 1 N–H and O–H groups in total. The van der Waals surface area contributed by atoms with E-state index < -0.39 is 42.9 Å². The van der Waals surface area contributed by atoms with E-state index in [1.165, 1.54) is 10.8 Å². The van der Waals surface area contributed by atoms with Gasteiger partial charge in [0.05, 0.1) is 12.7 Å². The second kappa shape index (κ2) is 6.40. The lowest BCUT2D eigenvalue weighted by molar-refractivity contribution is -0.0749. The van der Waals surface area contributed by atoms with Gasteiger partial charge in [0.25, 0.3) is 5.56 Å². The molecule has 1 aromatic rings. The van der Waals surface area contributed by atoms with E-state index in [1.54, 1.807) is 20.8 Å². The quantitative estimate of drug-likeness (QED) is 0.621. The molecule has 134 valence electrons. The predicted molar refractivity (Wildman–Crippen MR) is 84.3 cm³/mol. The molecule has 0 aromatic carbocycles. The van der Waals surface area contributed by atoms with Crippen LogP contribution in [-0.2, 0) is 22.9 Å². The van der Waals surface area contributed by atoms with Gasteiger partial charge < -0.3 is 4.74 Å². The van der Waals surface area contributed by atoms with Crippen LogP contribution in [0, 0.1) is 6.92 Å². The predicted octanol–water partition coefficient (Wildman–Crippen LogP) is 1.30. The molecule has 2 saturated heterocycles. The second-order valence-electron chi connectivity index (χ2n) is 5.96. The van der Waals surface area contributed by atoms with Gasteiger partial charge in [-0.25, -0.2) is 9.36 Å². The number of halogens is 1. The molecule has 2 aliphatic heterocycles. The Morgan fingerprint density at radius 3 is 2.83 bits per heavy atom. The second-order valence-corrected chi connectivity index (χ2v) is 8.03. The lowest BCUT2D eigenvalue weighted by atomic mass is 10.2. The maximum absolute atomic E-state index is 12.4. The normalized spacial score (nSPS) is 36.0. The number of nitrogens with one attached hydrogen (secondary N) is 1. The minimum atomic E-state index is -3.73. The Balaban J connectivity index is 1.87. The molecule has 3 rings (SSSR count). The zero-order valence-corrected chi connectivity index (χ0v) is 15.0. The molecule has 9 nitrogen and oxygen atoms in total. The van der Waals surface area contributed by atoms with Crippen molar-refractivity contribution in [2.75, 3.05) is 6.61 Å². The van der Waals surface area contributed by atoms with E-state index in [-0.39, 0.29) is 12.7 Å². The van der Waals surface area contributed by atoms with E-state index in [0.29, 0.717) is 5.56 Å². The molecule has 0 saturated carbocycles. The summed E-state index contributed by atoms with van der Waals surface area (Å²) in [7, 11) is -3.73. The van der Waals surface area contributed by atoms with Crippen molar-refractivity contribution in [2.45, 2.75) is 50.7 Å². The Morgan fingerprint density at radius 2 is 2.17 bits per heavy atom. The number of rotatable bonds is 3. The number of aryl methyl sites for hydroxylation is 1. The summed E-state index contributed by atoms with van der Waals surface area (Å²) < 4.78 is 35.2. The SMILES string of the molecule is Cc1cn(C2OC3COP(=O)(OC(C)C)OC3C2Cl)c(=O)[nH]c1=O. The molecule has 5 unspecified atom stereocenters. The van der Waals surface area contributed by atoms with Crippen LogP contribution in [0.5, 0.6) is 0 Å². The van der Waals surface area contributed by atoms with Gasteiger partial charge >= 0.3 is 13.5 Å². The Hall–Kier alpha value is -0.960. The summed E-state index contributed by atoms with van der Waals surface area (Å²) in [4.78, 5) is 25.7. The number of fused-ring (bicyclic) bond motifs is 1. The highest BCUT2D eigenvalue weighted by Crippen LogP contribution is 2.57. The topological polar surface area (TPSA) is 109 Å². The van der Waals surface area contributed by atoms with E-state index in [9.17, 15) is 14.2 Å². The van der Waals surface area contributed by atoms with Crippen molar-refractivity contribution in [1.82, 2.24) is 9.55 Å². The van der Waals surface area contributed by atoms with E-state index in [4.69, 9.17) is 29.9 Å². The molecule has 0 amide bonds. The Morgan fingerprint density at radius 1 is 1.46 bits per heavy atom. The van der Waals surface area contributed by atoms with Crippen LogP contribution in [0.3, 0.4) is 0 Å². The minimum absolute atomic E-state index is 0.0362. The smallest absolute Gasteiger partial charge is 0.348 e. The fraction of sp³-hybridized carbons (Fsp3) is 0.692. The number of ether oxygens (including phenoxy) is 1. The van der Waals surface area contributed by atoms with Crippen LogP contribution >= 0.6 is 19.4 Å². The summed E-state index contributed by atoms with van der Waals surface area (Å²) in [6.45, 7) is 4.93. The van der Waals surface area contributed by atoms with Gasteiger partial charge in [-0.3, -0.25) is 27.9 Å². The number of aromatic nitrogens is 2. The van der Waals surface area contributed by atoms with Crippen LogP contribution in [0.4, 0.5) is 0 Å². The van der Waals surface area contributed by atoms with Crippen LogP contribution in [0.25, 0.3) is 0 Å². The van der Waals surface area contributed by atoms with Crippen molar-refractivity contribution in [3.8, 4) is 0 Å². The van der Waals surface area contributed by atoms with Crippen LogP contribution in [-0.4, -0.2) is 39.8 Å². The summed E-state index contributed by atoms with van der Waals surface area (Å²) in [6, 6.07) is 0. The highest BCUT2D eigenvalue weighted by Gasteiger charge is 2.53. The molecule has 0 aliphatic carbocycles. The van der Waals surface area contributed by atoms with E-state index >= 15 is 0 Å². The largest absolute Gasteiger partial charge is 0.475 e. The average Bonchev–Trinajstić information content (AvgIpc) is 2.78. The molecule has 5 atom stereocenters. The number of phosphoric ester groups is 1. The number of nitrogens with zero attached hydrogens (tertiary/aromatic N) is 1. The lowest BCUT2D eigenvalue weighted by Crippen LogP contribution is -2.38. The van der Waals surface area contributed by atoms with Crippen LogP contribution in [0.15, 0.2) is 15.8 Å². The van der Waals surface area contributed by atoms with Crippen molar-refractivity contribution in [2.24, 2.45) is 0 Å². The Kier molecular flexibility index (Phi) is 4.76. The molecule has 2 fully saturated rings. The zero-order chi connectivity index (χ0) is 17.6. The van der Waals surface area contributed by atoms with Gasteiger partial charge in [-0.15, -0.1) is 11.6 Å². The summed E-state index contributed by atoms with van der Waals surface area (Å²) >= 11 is 6.38. The van der Waals surface area contributed by atoms with Crippen LogP contribution in [0.1, 0.15) is 25.6 Å². The van der Waals surface area contributed by atoms with Crippen LogP contribution in [0.2, 0.25) is 0 Å². The highest BCUT2D eigenvalue weighted by atomic mass is 35.5. The lowest BCUT2D eigenvalue weighted by Gasteiger charge is -2.31. The van der Waals surface area contributed by atoms with E-state index in [2.05, 4.69) is 4.98 Å². The van der Waals surface area contributed by atoms with Gasteiger partial charge in [0.15, 0.2) is 6.23 Å². The van der Waals surface area contributed by atoms with Crippen molar-refractivity contribution in [3.63, 3.8) is 0 Å². The van der Waals surface area contributed by atoms with Crippen molar-refractivity contribution in [1.29, 1.82) is 0 Å². The molecule has 11 heteroatoms. The van der Waals surface area contributed by atoms with Crippen LogP contribution < -0.4 is 11.2 Å². The molecular weight excluding hydrogens is 363 g/mol. The van der Waals surface area contributed by atoms with Crippen molar-refractivity contribution >= 4 is 19.4 Å². The van der Waals surface area contributed by atoms with Crippen molar-refractivity contribution < 1.29 is 22.9 Å². The number of hydrogen-bond donors (Lipinski definition) is 1. The average molecular weight is 381 g/mol. The van der Waals surface area contributed by atoms with Gasteiger partial charge in [-0.1, -0.05) is 0 Å². The van der Waals surface area contributed by atoms with Gasteiger partial charge in [0, 0.05) is 11.8 Å². The molecule has 0 radical (unpaired) electrons. The molecule has 0 bridgehead atoms. The molecule has 3 heterocycles. The maximum Gasteiger partial charge on any atom is 0.475 e. The molecule has 24 heavy (non-hydrogen) atoms. The first kappa shape index (κ1) is 17.8. The molecule has 0 spiro atoms. The number of H-pyrrole nitrogens is 1. The zero-order valence-electron chi connectivity index (χ0n) is 13.3. The third-order valence-corrected chi connectivity index (χ3v) is 5.79. The first-order chi connectivity index (χ1) is 11.2. The van der Waals surface area contributed by atoms with E-state index in [0.717, 1.165) is 0 Å². The number of phosphoric acid groups is 1. The molecule has 2 aliphatic rings. The third-order valence-electron chi connectivity index (χ3n) is 3.67. The fourth-order valence-electron chi connectivity index (χ4n) is 2.61. The number of aromatic amines is 1. The van der Waals surface area contributed by atoms with Gasteiger partial charge in [0.1, 0.15) is 17.6 Å². The fourth-order valence-corrected chi connectivity index (χ4v) is 4.66. The standard InChI is InChI=1S/C13H18ClN2O7P/c1-6(2)22-24(19)20-5-8-10(23-24)9(14)12(21-8)16-4-7(3)11(17)15-13(16)18/h4,6,8-10,12H,5H2,1-3H3,(H,15,17,18). The minimum Gasteiger partial charge on any atom is -0.348 e. The molecule has 1 aromatic heterocycles. The number of alkyl halides is 1. The molecular formula is C13H18ClN2O7P. The first-order valence-corrected chi connectivity index (χ1v) is 9.33. The monoisotopic (exact) mass is 380 g/mol. The Bertz CT molecular complexity index is 791.